The fourth-order valence-electron chi connectivity index (χ4n) is 4.95. The summed E-state index contributed by atoms with van der Waals surface area (Å²) in [5, 5.41) is 0.546. The molecule has 3 aliphatic carbocycles. The van der Waals surface area contributed by atoms with Crippen LogP contribution in [0.25, 0.3) is 0 Å². The van der Waals surface area contributed by atoms with Gasteiger partial charge in [0.05, 0.1) is 17.5 Å². The second-order valence-corrected chi connectivity index (χ2v) is 7.15. The zero-order chi connectivity index (χ0) is 14.4. The fourth-order valence-corrected chi connectivity index (χ4v) is 5.13. The van der Waals surface area contributed by atoms with E-state index in [1.165, 1.54) is 17.7 Å². The summed E-state index contributed by atoms with van der Waals surface area (Å²) >= 11 is 6.00. The van der Waals surface area contributed by atoms with Crippen LogP contribution >= 0.6 is 11.6 Å². The number of fused-ring (bicyclic) bond motifs is 3. The topological polar surface area (TPSA) is 37.4 Å². The number of nitrogens with zero attached hydrogens (tertiary/aromatic N) is 1. The quantitative estimate of drug-likeness (QED) is 0.590. The Morgan fingerprint density at radius 1 is 1.05 bits per heavy atom. The molecule has 1 aromatic carbocycles. The van der Waals surface area contributed by atoms with E-state index in [0.717, 1.165) is 0 Å². The number of carbonyl (C=O) groups is 2. The van der Waals surface area contributed by atoms with E-state index in [9.17, 15) is 9.59 Å². The van der Waals surface area contributed by atoms with E-state index in [-0.39, 0.29) is 40.9 Å². The van der Waals surface area contributed by atoms with Crippen LogP contribution in [-0.2, 0) is 9.59 Å². The second kappa shape index (κ2) is 3.58. The maximum atomic E-state index is 12.8. The Kier molecular flexibility index (Phi) is 2.05. The molecule has 1 spiro atoms. The molecule has 1 saturated heterocycles. The Morgan fingerprint density at radius 2 is 1.67 bits per heavy atom. The third kappa shape index (κ3) is 1.27. The maximum absolute atomic E-state index is 12.8. The lowest BCUT2D eigenvalue weighted by Crippen LogP contribution is -2.34. The predicted molar refractivity (Wildman–Crippen MR) is 78.7 cm³/mol. The summed E-state index contributed by atoms with van der Waals surface area (Å²) in [4.78, 5) is 27.0. The van der Waals surface area contributed by atoms with Crippen molar-refractivity contribution in [3.8, 4) is 0 Å². The van der Waals surface area contributed by atoms with Gasteiger partial charge in [-0.2, -0.15) is 0 Å². The van der Waals surface area contributed by atoms with E-state index < -0.39 is 0 Å². The van der Waals surface area contributed by atoms with Crippen molar-refractivity contribution < 1.29 is 9.59 Å². The highest BCUT2D eigenvalue weighted by molar-refractivity contribution is 6.31. The third-order valence-electron chi connectivity index (χ3n) is 5.92. The fraction of sp³-hybridized carbons (Fsp3) is 0.412. The van der Waals surface area contributed by atoms with Crippen LogP contribution in [0.15, 0.2) is 36.4 Å². The lowest BCUT2D eigenvalue weighted by molar-refractivity contribution is -0.123. The van der Waals surface area contributed by atoms with Crippen molar-refractivity contribution >= 4 is 29.1 Å². The molecule has 0 radical (unpaired) electrons. The van der Waals surface area contributed by atoms with Gasteiger partial charge in [-0.1, -0.05) is 29.8 Å². The van der Waals surface area contributed by atoms with Crippen molar-refractivity contribution in [3.63, 3.8) is 0 Å². The summed E-state index contributed by atoms with van der Waals surface area (Å²) in [6, 6.07) is 7.01. The number of hydrogen-bond donors (Lipinski definition) is 0. The Hall–Kier alpha value is -1.61. The molecule has 2 saturated carbocycles. The second-order valence-electron chi connectivity index (χ2n) is 6.71. The Labute approximate surface area is 127 Å². The number of allylic oxidation sites excluding steroid dienone is 2. The van der Waals surface area contributed by atoms with E-state index >= 15 is 0 Å². The van der Waals surface area contributed by atoms with Crippen LogP contribution in [0.1, 0.15) is 12.8 Å². The molecular weight excluding hydrogens is 286 g/mol. The predicted octanol–water partition coefficient (Wildman–Crippen LogP) is 3.04. The minimum Gasteiger partial charge on any atom is -0.274 e. The number of benzene rings is 1. The average molecular weight is 300 g/mol. The van der Waals surface area contributed by atoms with Crippen LogP contribution in [-0.4, -0.2) is 11.8 Å². The van der Waals surface area contributed by atoms with Gasteiger partial charge in [0.25, 0.3) is 0 Å². The molecular formula is C17H14ClNO2. The first-order chi connectivity index (χ1) is 10.1. The normalized spacial score (nSPS) is 37.7. The molecule has 0 aromatic heterocycles. The van der Waals surface area contributed by atoms with Gasteiger partial charge in [0, 0.05) is 5.02 Å². The number of anilines is 1. The number of imide groups is 1. The minimum absolute atomic E-state index is 0.0320. The lowest BCUT2D eigenvalue weighted by atomic mass is 9.85. The molecule has 21 heavy (non-hydrogen) atoms. The van der Waals surface area contributed by atoms with Gasteiger partial charge in [0.2, 0.25) is 11.8 Å². The van der Waals surface area contributed by atoms with E-state index in [1.54, 1.807) is 24.3 Å². The van der Waals surface area contributed by atoms with E-state index in [4.69, 9.17) is 11.6 Å². The average Bonchev–Trinajstić information content (AvgIpc) is 3.05. The van der Waals surface area contributed by atoms with Gasteiger partial charge in [0.15, 0.2) is 0 Å². The molecule has 1 aromatic rings. The number of carbonyl (C=O) groups excluding carboxylic acids is 2. The van der Waals surface area contributed by atoms with Gasteiger partial charge >= 0.3 is 0 Å². The highest BCUT2D eigenvalue weighted by atomic mass is 35.5. The number of rotatable bonds is 1. The van der Waals surface area contributed by atoms with Crippen molar-refractivity contribution in [2.24, 2.45) is 29.1 Å². The zero-order valence-corrected chi connectivity index (χ0v) is 12.1. The molecule has 1 aliphatic heterocycles. The first-order valence-electron chi connectivity index (χ1n) is 7.45. The Balaban J connectivity index is 1.59. The largest absolute Gasteiger partial charge is 0.274 e. The summed E-state index contributed by atoms with van der Waals surface area (Å²) in [6.07, 6.45) is 6.71. The molecule has 0 unspecified atom stereocenters. The van der Waals surface area contributed by atoms with Crippen LogP contribution in [0, 0.1) is 29.1 Å². The van der Waals surface area contributed by atoms with E-state index in [1.807, 2.05) is 0 Å². The summed E-state index contributed by atoms with van der Waals surface area (Å²) in [5.74, 6) is 0.190. The Morgan fingerprint density at radius 3 is 2.19 bits per heavy atom. The van der Waals surface area contributed by atoms with E-state index in [0.29, 0.717) is 10.7 Å². The first-order valence-corrected chi connectivity index (χ1v) is 7.83. The van der Waals surface area contributed by atoms with Crippen molar-refractivity contribution in [1.82, 2.24) is 0 Å². The minimum atomic E-state index is -0.144. The number of halogens is 1. The van der Waals surface area contributed by atoms with Gasteiger partial charge in [-0.15, -0.1) is 0 Å². The molecule has 4 aliphatic rings. The SMILES string of the molecule is O=C1[C@@H]2[C@H](C(=O)N1c1cccc(Cl)c1)[C@H]1C=C[C@H]2C12CC2. The summed E-state index contributed by atoms with van der Waals surface area (Å²) in [7, 11) is 0. The van der Waals surface area contributed by atoms with Crippen LogP contribution in [0.5, 0.6) is 0 Å². The van der Waals surface area contributed by atoms with Gasteiger partial charge in [-0.25, -0.2) is 4.90 Å². The summed E-state index contributed by atoms with van der Waals surface area (Å²) < 4.78 is 0. The van der Waals surface area contributed by atoms with E-state index in [2.05, 4.69) is 12.2 Å². The molecule has 2 amide bonds. The van der Waals surface area contributed by atoms with Gasteiger partial charge in [-0.3, -0.25) is 9.59 Å². The van der Waals surface area contributed by atoms with Crippen LogP contribution < -0.4 is 4.90 Å². The van der Waals surface area contributed by atoms with Gasteiger partial charge < -0.3 is 0 Å². The molecule has 106 valence electrons. The van der Waals surface area contributed by atoms with Crippen molar-refractivity contribution in [3.05, 3.63) is 41.4 Å². The van der Waals surface area contributed by atoms with Crippen LogP contribution in [0.2, 0.25) is 5.02 Å². The molecule has 4 atom stereocenters. The number of hydrogen-bond acceptors (Lipinski definition) is 2. The Bertz CT molecular complexity index is 687. The van der Waals surface area contributed by atoms with Crippen molar-refractivity contribution in [2.45, 2.75) is 12.8 Å². The monoisotopic (exact) mass is 299 g/mol. The molecule has 5 rings (SSSR count). The lowest BCUT2D eigenvalue weighted by Gasteiger charge is -2.21. The van der Waals surface area contributed by atoms with Crippen LogP contribution in [0.4, 0.5) is 5.69 Å². The molecule has 3 nitrogen and oxygen atoms in total. The smallest absolute Gasteiger partial charge is 0.238 e. The van der Waals surface area contributed by atoms with Gasteiger partial charge in [0.1, 0.15) is 0 Å². The molecule has 0 N–H and O–H groups in total. The number of amides is 2. The van der Waals surface area contributed by atoms with Crippen molar-refractivity contribution in [1.29, 1.82) is 0 Å². The van der Waals surface area contributed by atoms with Crippen molar-refractivity contribution in [2.75, 3.05) is 4.90 Å². The molecule has 1 heterocycles. The molecule has 3 fully saturated rings. The molecule has 4 heteroatoms. The first kappa shape index (κ1) is 12.0. The summed E-state index contributed by atoms with van der Waals surface area (Å²) in [5.41, 5.74) is 0.859. The zero-order valence-electron chi connectivity index (χ0n) is 11.3. The third-order valence-corrected chi connectivity index (χ3v) is 6.15. The maximum Gasteiger partial charge on any atom is 0.238 e. The highest BCUT2D eigenvalue weighted by Gasteiger charge is 2.73. The van der Waals surface area contributed by atoms with Crippen LogP contribution in [0.3, 0.4) is 0 Å². The van der Waals surface area contributed by atoms with Gasteiger partial charge in [-0.05, 0) is 48.3 Å². The summed E-state index contributed by atoms with van der Waals surface area (Å²) in [6.45, 7) is 0. The highest BCUT2D eigenvalue weighted by Crippen LogP contribution is 2.73. The molecule has 2 bridgehead atoms. The standard InChI is InChI=1S/C17H14ClNO2/c18-9-2-1-3-10(8-9)19-15(20)13-11-4-5-12(14(13)16(19)21)17(11)6-7-17/h1-5,8,11-14H,6-7H2/t11-,12-,13-,14+/m1/s1.